The Bertz CT molecular complexity index is 1010. The van der Waals surface area contributed by atoms with E-state index in [2.05, 4.69) is 20.5 Å². The summed E-state index contributed by atoms with van der Waals surface area (Å²) < 4.78 is 0. The maximum Gasteiger partial charge on any atom is 0.0936 e. The minimum absolute atomic E-state index is 0.786. The van der Waals surface area contributed by atoms with Gasteiger partial charge in [-0.25, -0.2) is 0 Å². The van der Waals surface area contributed by atoms with Crippen molar-refractivity contribution >= 4 is 22.7 Å². The summed E-state index contributed by atoms with van der Waals surface area (Å²) in [6, 6.07) is 35.2. The molecule has 0 aliphatic rings. The van der Waals surface area contributed by atoms with Gasteiger partial charge in [-0.1, -0.05) is 72.8 Å². The standard InChI is InChI=1S/C24H18N4/c1-3-11-19(12-4-1)25-27-23-17-9-7-15-21(23)22-16-8-10-18-24(22)28-26-20-13-5-2-6-14-20/h1-18H. The average Bonchev–Trinajstić information content (AvgIpc) is 2.78. The zero-order chi connectivity index (χ0) is 19.0. The summed E-state index contributed by atoms with van der Waals surface area (Å²) in [5.41, 5.74) is 5.13. The van der Waals surface area contributed by atoms with Gasteiger partial charge in [0, 0.05) is 11.1 Å². The molecule has 0 aliphatic heterocycles. The highest BCUT2D eigenvalue weighted by Gasteiger charge is 2.09. The Hall–Kier alpha value is -3.92. The smallest absolute Gasteiger partial charge is 0.0936 e. The van der Waals surface area contributed by atoms with Gasteiger partial charge in [0.2, 0.25) is 0 Å². The third-order valence-corrected chi connectivity index (χ3v) is 4.16. The van der Waals surface area contributed by atoms with Gasteiger partial charge in [-0.05, 0) is 36.4 Å². The van der Waals surface area contributed by atoms with Gasteiger partial charge in [0.15, 0.2) is 0 Å². The van der Waals surface area contributed by atoms with Crippen molar-refractivity contribution in [3.05, 3.63) is 109 Å². The normalized spacial score (nSPS) is 11.3. The van der Waals surface area contributed by atoms with Gasteiger partial charge in [-0.15, -0.1) is 10.2 Å². The minimum atomic E-state index is 0.786. The van der Waals surface area contributed by atoms with Crippen molar-refractivity contribution in [2.24, 2.45) is 20.5 Å². The molecule has 0 saturated carbocycles. The number of hydrogen-bond donors (Lipinski definition) is 0. The first kappa shape index (κ1) is 17.5. The van der Waals surface area contributed by atoms with Crippen molar-refractivity contribution in [2.75, 3.05) is 0 Å². The molecule has 4 aromatic carbocycles. The SMILES string of the molecule is c1ccc(N=Nc2ccccc2-c2ccccc2N=Nc2ccccc2)cc1. The number of nitrogens with zero attached hydrogens (tertiary/aromatic N) is 4. The van der Waals surface area contributed by atoms with Gasteiger partial charge >= 0.3 is 0 Å². The highest BCUT2D eigenvalue weighted by molar-refractivity contribution is 5.83. The fraction of sp³-hybridized carbons (Fsp3) is 0. The Morgan fingerprint density at radius 2 is 0.679 bits per heavy atom. The Morgan fingerprint density at radius 3 is 1.11 bits per heavy atom. The quantitative estimate of drug-likeness (QED) is 0.321. The van der Waals surface area contributed by atoms with Crippen LogP contribution in [0.3, 0.4) is 0 Å². The summed E-state index contributed by atoms with van der Waals surface area (Å²) in [7, 11) is 0. The van der Waals surface area contributed by atoms with Crippen molar-refractivity contribution < 1.29 is 0 Å². The molecular formula is C24H18N4. The lowest BCUT2D eigenvalue weighted by atomic mass is 10.0. The van der Waals surface area contributed by atoms with Gasteiger partial charge in [0.05, 0.1) is 22.7 Å². The first-order valence-corrected chi connectivity index (χ1v) is 9.02. The molecule has 28 heavy (non-hydrogen) atoms. The van der Waals surface area contributed by atoms with Crippen LogP contribution in [0.4, 0.5) is 22.7 Å². The van der Waals surface area contributed by atoms with Gasteiger partial charge in [-0.3, -0.25) is 0 Å². The lowest BCUT2D eigenvalue weighted by Gasteiger charge is -2.07. The molecule has 0 spiro atoms. The zero-order valence-electron chi connectivity index (χ0n) is 15.2. The summed E-state index contributed by atoms with van der Waals surface area (Å²) in [6.07, 6.45) is 0. The van der Waals surface area contributed by atoms with Gasteiger partial charge in [0.25, 0.3) is 0 Å². The molecule has 0 aromatic heterocycles. The van der Waals surface area contributed by atoms with Crippen LogP contribution in [0.25, 0.3) is 11.1 Å². The second kappa shape index (κ2) is 8.64. The van der Waals surface area contributed by atoms with E-state index in [0.717, 1.165) is 33.9 Å². The lowest BCUT2D eigenvalue weighted by Crippen LogP contribution is -1.80. The highest BCUT2D eigenvalue weighted by Crippen LogP contribution is 2.37. The topological polar surface area (TPSA) is 49.4 Å². The van der Waals surface area contributed by atoms with E-state index in [9.17, 15) is 0 Å². The summed E-state index contributed by atoms with van der Waals surface area (Å²) >= 11 is 0. The van der Waals surface area contributed by atoms with Crippen molar-refractivity contribution in [2.45, 2.75) is 0 Å². The molecule has 134 valence electrons. The van der Waals surface area contributed by atoms with Crippen LogP contribution >= 0.6 is 0 Å². The largest absolute Gasteiger partial charge is 0.151 e. The molecule has 0 radical (unpaired) electrons. The van der Waals surface area contributed by atoms with Crippen molar-refractivity contribution in [3.8, 4) is 11.1 Å². The van der Waals surface area contributed by atoms with Crippen LogP contribution in [0.15, 0.2) is 130 Å². The molecule has 0 unspecified atom stereocenters. The Morgan fingerprint density at radius 1 is 0.321 bits per heavy atom. The maximum atomic E-state index is 4.46. The molecular weight excluding hydrogens is 344 g/mol. The van der Waals surface area contributed by atoms with Crippen molar-refractivity contribution in [3.63, 3.8) is 0 Å². The van der Waals surface area contributed by atoms with Gasteiger partial charge in [-0.2, -0.15) is 10.2 Å². The predicted octanol–water partition coefficient (Wildman–Crippen LogP) is 8.18. The molecule has 4 nitrogen and oxygen atoms in total. The van der Waals surface area contributed by atoms with Crippen LogP contribution in [0.1, 0.15) is 0 Å². The minimum Gasteiger partial charge on any atom is -0.151 e. The predicted molar refractivity (Wildman–Crippen MR) is 113 cm³/mol. The number of rotatable bonds is 5. The van der Waals surface area contributed by atoms with Crippen molar-refractivity contribution in [1.29, 1.82) is 0 Å². The van der Waals surface area contributed by atoms with Crippen molar-refractivity contribution in [1.82, 2.24) is 0 Å². The number of azo groups is 2. The molecule has 0 saturated heterocycles. The van der Waals surface area contributed by atoms with E-state index in [1.54, 1.807) is 0 Å². The molecule has 0 bridgehead atoms. The van der Waals surface area contributed by atoms with Gasteiger partial charge in [0.1, 0.15) is 0 Å². The maximum absolute atomic E-state index is 4.46. The van der Waals surface area contributed by atoms with Crippen LogP contribution < -0.4 is 0 Å². The molecule has 0 N–H and O–H groups in total. The zero-order valence-corrected chi connectivity index (χ0v) is 15.2. The second-order valence-corrected chi connectivity index (χ2v) is 6.11. The lowest BCUT2D eigenvalue weighted by molar-refractivity contribution is 1.22. The number of hydrogen-bond acceptors (Lipinski definition) is 4. The van der Waals surface area contributed by atoms with E-state index in [0.29, 0.717) is 0 Å². The highest BCUT2D eigenvalue weighted by atomic mass is 15.1. The Balaban J connectivity index is 1.71. The first-order valence-electron chi connectivity index (χ1n) is 9.02. The summed E-state index contributed by atoms with van der Waals surface area (Å²) in [5.74, 6) is 0. The van der Waals surface area contributed by atoms with Crippen LogP contribution in [-0.4, -0.2) is 0 Å². The van der Waals surface area contributed by atoms with Crippen LogP contribution in [0.2, 0.25) is 0 Å². The second-order valence-electron chi connectivity index (χ2n) is 6.11. The first-order chi connectivity index (χ1) is 13.9. The summed E-state index contributed by atoms with van der Waals surface area (Å²) in [5, 5.41) is 17.6. The average molecular weight is 362 g/mol. The van der Waals surface area contributed by atoms with Crippen LogP contribution in [0.5, 0.6) is 0 Å². The molecule has 4 heteroatoms. The fourth-order valence-corrected chi connectivity index (χ4v) is 2.79. The van der Waals surface area contributed by atoms with Crippen LogP contribution in [0, 0.1) is 0 Å². The van der Waals surface area contributed by atoms with E-state index >= 15 is 0 Å². The van der Waals surface area contributed by atoms with Gasteiger partial charge < -0.3 is 0 Å². The van der Waals surface area contributed by atoms with E-state index in [1.165, 1.54) is 0 Å². The number of benzene rings is 4. The van der Waals surface area contributed by atoms with E-state index in [1.807, 2.05) is 109 Å². The molecule has 4 aromatic rings. The third-order valence-electron chi connectivity index (χ3n) is 4.16. The third kappa shape index (κ3) is 4.24. The van der Waals surface area contributed by atoms with Crippen LogP contribution in [-0.2, 0) is 0 Å². The van der Waals surface area contributed by atoms with E-state index in [-0.39, 0.29) is 0 Å². The summed E-state index contributed by atoms with van der Waals surface area (Å²) in [4.78, 5) is 0. The molecule has 4 rings (SSSR count). The molecule has 0 atom stereocenters. The Labute approximate surface area is 163 Å². The molecule has 0 fully saturated rings. The molecule has 0 aliphatic carbocycles. The summed E-state index contributed by atoms with van der Waals surface area (Å²) in [6.45, 7) is 0. The molecule has 0 amide bonds. The Kier molecular flexibility index (Phi) is 5.40. The monoisotopic (exact) mass is 362 g/mol. The van der Waals surface area contributed by atoms with E-state index in [4.69, 9.17) is 0 Å². The van der Waals surface area contributed by atoms with E-state index < -0.39 is 0 Å². The molecule has 0 heterocycles. The fourth-order valence-electron chi connectivity index (χ4n) is 2.79.